The highest BCUT2D eigenvalue weighted by atomic mass is 16.5. The molecule has 29 heavy (non-hydrogen) atoms. The third-order valence-corrected chi connectivity index (χ3v) is 6.54. The molecule has 2 aliphatic carbocycles. The van der Waals surface area contributed by atoms with Crippen molar-refractivity contribution in [1.29, 1.82) is 0 Å². The van der Waals surface area contributed by atoms with Gasteiger partial charge in [-0.1, -0.05) is 35.4 Å². The lowest BCUT2D eigenvalue weighted by molar-refractivity contribution is -0.153. The molecule has 0 aliphatic heterocycles. The van der Waals surface area contributed by atoms with E-state index in [9.17, 15) is 9.59 Å². The Morgan fingerprint density at radius 2 is 1.14 bits per heavy atom. The third-order valence-electron chi connectivity index (χ3n) is 6.54. The summed E-state index contributed by atoms with van der Waals surface area (Å²) in [5.41, 5.74) is 4.10. The second-order valence-corrected chi connectivity index (χ2v) is 8.76. The van der Waals surface area contributed by atoms with E-state index in [0.29, 0.717) is 11.5 Å². The maximum absolute atomic E-state index is 13.1. The minimum absolute atomic E-state index is 0.204. The van der Waals surface area contributed by atoms with Crippen molar-refractivity contribution in [2.45, 2.75) is 47.0 Å². The van der Waals surface area contributed by atoms with E-state index >= 15 is 0 Å². The van der Waals surface area contributed by atoms with Crippen LogP contribution in [-0.2, 0) is 9.59 Å². The smallest absolute Gasteiger partial charge is 0.315 e. The second-order valence-electron chi connectivity index (χ2n) is 8.76. The molecule has 0 spiro atoms. The van der Waals surface area contributed by atoms with Gasteiger partial charge in [0, 0.05) is 0 Å². The Kier molecular flexibility index (Phi) is 5.20. The molecule has 4 nitrogen and oxygen atoms in total. The van der Waals surface area contributed by atoms with Crippen molar-refractivity contribution in [3.63, 3.8) is 0 Å². The highest BCUT2D eigenvalue weighted by Gasteiger charge is 2.55. The number of hydrogen-bond donors (Lipinski definition) is 0. The van der Waals surface area contributed by atoms with Crippen LogP contribution in [0.3, 0.4) is 0 Å². The summed E-state index contributed by atoms with van der Waals surface area (Å²) in [5, 5.41) is 0. The molecule has 0 saturated heterocycles. The molecule has 4 rings (SSSR count). The van der Waals surface area contributed by atoms with Gasteiger partial charge < -0.3 is 9.47 Å². The molecule has 0 amide bonds. The van der Waals surface area contributed by atoms with Gasteiger partial charge in [-0.25, -0.2) is 0 Å². The van der Waals surface area contributed by atoms with E-state index in [2.05, 4.69) is 0 Å². The summed E-state index contributed by atoms with van der Waals surface area (Å²) in [6.07, 6.45) is 2.86. The summed E-state index contributed by atoms with van der Waals surface area (Å²) >= 11 is 0. The van der Waals surface area contributed by atoms with Crippen molar-refractivity contribution in [3.05, 3.63) is 58.7 Å². The van der Waals surface area contributed by atoms with Gasteiger partial charge in [-0.05, 0) is 82.1 Å². The molecule has 0 radical (unpaired) electrons. The van der Waals surface area contributed by atoms with Gasteiger partial charge in [-0.2, -0.15) is 0 Å². The third kappa shape index (κ3) is 3.81. The topological polar surface area (TPSA) is 52.6 Å². The minimum Gasteiger partial charge on any atom is -0.426 e. The fraction of sp³-hybridized carbons (Fsp3) is 0.440. The molecular formula is C25H28O4. The summed E-state index contributed by atoms with van der Waals surface area (Å²) in [5.74, 6) is 0.110. The van der Waals surface area contributed by atoms with Gasteiger partial charge in [0.2, 0.25) is 0 Å². The van der Waals surface area contributed by atoms with Crippen LogP contribution in [0.25, 0.3) is 0 Å². The van der Waals surface area contributed by atoms with Crippen molar-refractivity contribution >= 4 is 11.9 Å². The van der Waals surface area contributed by atoms with Crippen LogP contribution in [0.5, 0.6) is 11.5 Å². The highest BCUT2D eigenvalue weighted by Crippen LogP contribution is 2.53. The largest absolute Gasteiger partial charge is 0.426 e. The van der Waals surface area contributed by atoms with Crippen molar-refractivity contribution < 1.29 is 19.1 Å². The van der Waals surface area contributed by atoms with Crippen LogP contribution in [0.2, 0.25) is 0 Å². The molecule has 2 aliphatic rings. The van der Waals surface area contributed by atoms with Crippen LogP contribution in [-0.4, -0.2) is 11.9 Å². The predicted molar refractivity (Wildman–Crippen MR) is 111 cm³/mol. The number of benzene rings is 2. The maximum atomic E-state index is 13.1. The maximum Gasteiger partial charge on any atom is 0.315 e. The van der Waals surface area contributed by atoms with E-state index in [1.165, 1.54) is 0 Å². The van der Waals surface area contributed by atoms with E-state index in [-0.39, 0.29) is 23.8 Å². The normalized spacial score (nSPS) is 25.1. The van der Waals surface area contributed by atoms with Gasteiger partial charge in [0.05, 0.1) is 11.8 Å². The van der Waals surface area contributed by atoms with E-state index in [1.807, 2.05) is 64.1 Å². The molecule has 0 aromatic heterocycles. The standard InChI is InChI=1S/C25H28O4/c1-14-5-9-20(16(3)11-14)28-24(26)22-18-7-8-19(13-18)23(22)25(27)29-21-10-6-15(2)12-17(21)4/h5-6,9-12,18-19,22-23H,7-8,13H2,1-4H3. The van der Waals surface area contributed by atoms with Gasteiger partial charge in [0.25, 0.3) is 0 Å². The Morgan fingerprint density at radius 1 is 0.724 bits per heavy atom. The summed E-state index contributed by atoms with van der Waals surface area (Å²) in [7, 11) is 0. The SMILES string of the molecule is Cc1ccc(OC(=O)C2C3CCC(C3)C2C(=O)Oc2ccc(C)cc2C)c(C)c1. The second kappa shape index (κ2) is 7.66. The van der Waals surface area contributed by atoms with Gasteiger partial charge >= 0.3 is 11.9 Å². The molecule has 4 unspecified atom stereocenters. The molecule has 2 bridgehead atoms. The van der Waals surface area contributed by atoms with Crippen molar-refractivity contribution in [3.8, 4) is 11.5 Å². The van der Waals surface area contributed by atoms with E-state index in [4.69, 9.17) is 9.47 Å². The molecule has 2 fully saturated rings. The van der Waals surface area contributed by atoms with Crippen molar-refractivity contribution in [1.82, 2.24) is 0 Å². The fourth-order valence-corrected chi connectivity index (χ4v) is 5.15. The number of carbonyl (C=O) groups is 2. The van der Waals surface area contributed by atoms with Crippen LogP contribution in [0.1, 0.15) is 41.5 Å². The Bertz CT molecular complexity index is 884. The Balaban J connectivity index is 1.54. The molecule has 2 aromatic carbocycles. The number of esters is 2. The molecule has 2 aromatic rings. The van der Waals surface area contributed by atoms with Crippen molar-refractivity contribution in [2.24, 2.45) is 23.7 Å². The van der Waals surface area contributed by atoms with Crippen LogP contribution in [0, 0.1) is 51.4 Å². The number of carbonyl (C=O) groups excluding carboxylic acids is 2. The van der Waals surface area contributed by atoms with Gasteiger partial charge in [0.15, 0.2) is 0 Å². The molecule has 0 N–H and O–H groups in total. The van der Waals surface area contributed by atoms with E-state index in [0.717, 1.165) is 41.5 Å². The molecular weight excluding hydrogens is 364 g/mol. The van der Waals surface area contributed by atoms with E-state index in [1.54, 1.807) is 0 Å². The number of ether oxygens (including phenoxy) is 2. The van der Waals surface area contributed by atoms with Gasteiger partial charge in [-0.15, -0.1) is 0 Å². The minimum atomic E-state index is -0.423. The number of aryl methyl sites for hydroxylation is 4. The number of hydrogen-bond acceptors (Lipinski definition) is 4. The highest BCUT2D eigenvalue weighted by molar-refractivity contribution is 5.86. The first-order valence-electron chi connectivity index (χ1n) is 10.4. The number of rotatable bonds is 4. The zero-order valence-electron chi connectivity index (χ0n) is 17.5. The zero-order valence-corrected chi connectivity index (χ0v) is 17.5. The van der Waals surface area contributed by atoms with Crippen LogP contribution in [0.15, 0.2) is 36.4 Å². The first-order valence-corrected chi connectivity index (χ1v) is 10.4. The van der Waals surface area contributed by atoms with Crippen LogP contribution < -0.4 is 9.47 Å². The van der Waals surface area contributed by atoms with Gasteiger partial charge in [-0.3, -0.25) is 9.59 Å². The Hall–Kier alpha value is -2.62. The molecule has 4 atom stereocenters. The summed E-state index contributed by atoms with van der Waals surface area (Å²) in [6.45, 7) is 7.88. The summed E-state index contributed by atoms with van der Waals surface area (Å²) in [6, 6.07) is 11.5. The van der Waals surface area contributed by atoms with E-state index < -0.39 is 11.8 Å². The van der Waals surface area contributed by atoms with Crippen LogP contribution >= 0.6 is 0 Å². The Labute approximate surface area is 172 Å². The first-order chi connectivity index (χ1) is 13.8. The quantitative estimate of drug-likeness (QED) is 0.537. The molecule has 0 heterocycles. The number of fused-ring (bicyclic) bond motifs is 2. The monoisotopic (exact) mass is 392 g/mol. The molecule has 152 valence electrons. The summed E-state index contributed by atoms with van der Waals surface area (Å²) < 4.78 is 11.5. The lowest BCUT2D eigenvalue weighted by atomic mass is 9.79. The molecule has 4 heteroatoms. The average Bonchev–Trinajstić information content (AvgIpc) is 3.27. The Morgan fingerprint density at radius 3 is 1.52 bits per heavy atom. The lowest BCUT2D eigenvalue weighted by Gasteiger charge is -2.28. The lowest BCUT2D eigenvalue weighted by Crippen LogP contribution is -2.39. The van der Waals surface area contributed by atoms with Crippen molar-refractivity contribution in [2.75, 3.05) is 0 Å². The average molecular weight is 392 g/mol. The van der Waals surface area contributed by atoms with Crippen LogP contribution in [0.4, 0.5) is 0 Å². The predicted octanol–water partition coefficient (Wildman–Crippen LogP) is 5.09. The first kappa shape index (κ1) is 19.7. The zero-order chi connectivity index (χ0) is 20.7. The molecule has 2 saturated carbocycles. The fourth-order valence-electron chi connectivity index (χ4n) is 5.15. The van der Waals surface area contributed by atoms with Gasteiger partial charge in [0.1, 0.15) is 11.5 Å². The summed E-state index contributed by atoms with van der Waals surface area (Å²) in [4.78, 5) is 26.2.